The van der Waals surface area contributed by atoms with E-state index in [4.69, 9.17) is 9.47 Å². The zero-order chi connectivity index (χ0) is 20.4. The fourth-order valence-corrected chi connectivity index (χ4v) is 4.23. The molecule has 2 aromatic carbocycles. The topological polar surface area (TPSA) is 35.5 Å². The van der Waals surface area contributed by atoms with E-state index in [1.807, 2.05) is 12.1 Å². The zero-order valence-electron chi connectivity index (χ0n) is 18.0. The van der Waals surface area contributed by atoms with Gasteiger partial charge in [-0.25, -0.2) is 4.79 Å². The first-order valence-corrected chi connectivity index (χ1v) is 10.6. The number of rotatable bonds is 6. The van der Waals surface area contributed by atoms with Crippen molar-refractivity contribution in [2.45, 2.75) is 78.2 Å². The standard InChI is InChI=1S/C25H34O3/c1-6-25(15-7-8-16-25)28-23(26)17-27-22-14-10-12-20-19(11-9-13-21(20)22)18(2)24(3,4)5/h9-14,18H,6-8,15-17H2,1-5H3. The van der Waals surface area contributed by atoms with Crippen molar-refractivity contribution < 1.29 is 14.3 Å². The summed E-state index contributed by atoms with van der Waals surface area (Å²) in [6.45, 7) is 11.1. The number of ether oxygens (including phenoxy) is 2. The quantitative estimate of drug-likeness (QED) is 0.526. The van der Waals surface area contributed by atoms with Crippen LogP contribution in [0.4, 0.5) is 0 Å². The van der Waals surface area contributed by atoms with Gasteiger partial charge < -0.3 is 9.47 Å². The molecule has 1 aliphatic carbocycles. The number of esters is 1. The summed E-state index contributed by atoms with van der Waals surface area (Å²) in [5.41, 5.74) is 1.22. The molecule has 1 atom stereocenters. The Morgan fingerprint density at radius 2 is 1.71 bits per heavy atom. The van der Waals surface area contributed by atoms with E-state index < -0.39 is 0 Å². The van der Waals surface area contributed by atoms with Gasteiger partial charge in [0.1, 0.15) is 11.4 Å². The summed E-state index contributed by atoms with van der Waals surface area (Å²) in [5.74, 6) is 0.887. The van der Waals surface area contributed by atoms with E-state index in [0.717, 1.165) is 43.2 Å². The Morgan fingerprint density at radius 3 is 2.36 bits per heavy atom. The maximum absolute atomic E-state index is 12.4. The molecule has 0 saturated heterocycles. The molecule has 2 aromatic rings. The smallest absolute Gasteiger partial charge is 0.344 e. The van der Waals surface area contributed by atoms with Crippen LogP contribution in [0.25, 0.3) is 10.8 Å². The van der Waals surface area contributed by atoms with Crippen molar-refractivity contribution in [3.05, 3.63) is 42.0 Å². The summed E-state index contributed by atoms with van der Waals surface area (Å²) in [6, 6.07) is 12.4. The van der Waals surface area contributed by atoms with E-state index in [9.17, 15) is 4.79 Å². The highest BCUT2D eigenvalue weighted by molar-refractivity contribution is 5.91. The molecule has 3 heteroatoms. The lowest BCUT2D eigenvalue weighted by atomic mass is 9.76. The van der Waals surface area contributed by atoms with Crippen molar-refractivity contribution in [1.29, 1.82) is 0 Å². The summed E-state index contributed by atoms with van der Waals surface area (Å²) < 4.78 is 11.8. The van der Waals surface area contributed by atoms with Crippen LogP contribution in [-0.2, 0) is 9.53 Å². The van der Waals surface area contributed by atoms with Crippen LogP contribution in [0, 0.1) is 5.41 Å². The summed E-state index contributed by atoms with van der Waals surface area (Å²) in [6.07, 6.45) is 5.09. The molecule has 0 N–H and O–H groups in total. The van der Waals surface area contributed by atoms with E-state index in [-0.39, 0.29) is 23.6 Å². The van der Waals surface area contributed by atoms with Gasteiger partial charge >= 0.3 is 5.97 Å². The summed E-state index contributed by atoms with van der Waals surface area (Å²) >= 11 is 0. The fourth-order valence-electron chi connectivity index (χ4n) is 4.23. The van der Waals surface area contributed by atoms with Crippen molar-refractivity contribution in [3.63, 3.8) is 0 Å². The zero-order valence-corrected chi connectivity index (χ0v) is 18.0. The summed E-state index contributed by atoms with van der Waals surface area (Å²) in [4.78, 5) is 12.4. The molecular formula is C25H34O3. The first-order valence-electron chi connectivity index (χ1n) is 10.6. The lowest BCUT2D eigenvalue weighted by Gasteiger charge is -2.29. The number of fused-ring (bicyclic) bond motifs is 1. The van der Waals surface area contributed by atoms with Crippen LogP contribution in [0.1, 0.15) is 78.2 Å². The lowest BCUT2D eigenvalue weighted by Crippen LogP contribution is -2.33. The Kier molecular flexibility index (Phi) is 6.02. The second kappa shape index (κ2) is 8.14. The molecule has 1 aliphatic rings. The number of carbonyl (C=O) groups is 1. The van der Waals surface area contributed by atoms with Gasteiger partial charge in [0.05, 0.1) is 0 Å². The Morgan fingerprint density at radius 1 is 1.07 bits per heavy atom. The van der Waals surface area contributed by atoms with Gasteiger partial charge in [-0.1, -0.05) is 65.0 Å². The summed E-state index contributed by atoms with van der Waals surface area (Å²) in [5, 5.41) is 2.24. The second-order valence-electron chi connectivity index (χ2n) is 9.29. The molecule has 0 aliphatic heterocycles. The van der Waals surface area contributed by atoms with Crippen molar-refractivity contribution in [1.82, 2.24) is 0 Å². The van der Waals surface area contributed by atoms with Crippen LogP contribution >= 0.6 is 0 Å². The Hall–Kier alpha value is -2.03. The average Bonchev–Trinajstić information content (AvgIpc) is 3.13. The monoisotopic (exact) mass is 382 g/mol. The van der Waals surface area contributed by atoms with Crippen molar-refractivity contribution >= 4 is 16.7 Å². The molecule has 0 heterocycles. The third-order valence-electron chi connectivity index (χ3n) is 6.52. The molecule has 0 bridgehead atoms. The SMILES string of the molecule is CCC1(OC(=O)COc2cccc3c(C(C)C(C)(C)C)cccc23)CCCC1. The molecule has 0 amide bonds. The van der Waals surface area contributed by atoms with Crippen molar-refractivity contribution in [2.24, 2.45) is 5.41 Å². The molecular weight excluding hydrogens is 348 g/mol. The molecule has 3 rings (SSSR count). The molecule has 3 nitrogen and oxygen atoms in total. The van der Waals surface area contributed by atoms with E-state index in [2.05, 4.69) is 58.9 Å². The van der Waals surface area contributed by atoms with E-state index in [0.29, 0.717) is 5.92 Å². The van der Waals surface area contributed by atoms with E-state index in [1.54, 1.807) is 0 Å². The molecule has 28 heavy (non-hydrogen) atoms. The minimum absolute atomic E-state index is 0.0418. The largest absolute Gasteiger partial charge is 0.481 e. The maximum atomic E-state index is 12.4. The van der Waals surface area contributed by atoms with Crippen molar-refractivity contribution in [2.75, 3.05) is 6.61 Å². The fraction of sp³-hybridized carbons (Fsp3) is 0.560. The van der Waals surface area contributed by atoms with Gasteiger partial charge in [0, 0.05) is 5.39 Å². The summed E-state index contributed by atoms with van der Waals surface area (Å²) in [7, 11) is 0. The molecule has 1 saturated carbocycles. The van der Waals surface area contributed by atoms with Gasteiger partial charge in [0.25, 0.3) is 0 Å². The Balaban J connectivity index is 1.78. The van der Waals surface area contributed by atoms with Crippen LogP contribution in [0.3, 0.4) is 0 Å². The molecule has 0 aromatic heterocycles. The van der Waals surface area contributed by atoms with Gasteiger partial charge in [-0.05, 0) is 60.5 Å². The third-order valence-corrected chi connectivity index (χ3v) is 6.52. The van der Waals surface area contributed by atoms with Gasteiger partial charge in [-0.3, -0.25) is 0 Å². The maximum Gasteiger partial charge on any atom is 0.344 e. The number of benzene rings is 2. The highest BCUT2D eigenvalue weighted by atomic mass is 16.6. The predicted molar refractivity (Wildman–Crippen MR) is 115 cm³/mol. The second-order valence-corrected chi connectivity index (χ2v) is 9.29. The van der Waals surface area contributed by atoms with Crippen molar-refractivity contribution in [3.8, 4) is 5.75 Å². The molecule has 1 fully saturated rings. The Labute approximate surface area is 169 Å². The van der Waals surface area contributed by atoms with Crippen LogP contribution in [0.5, 0.6) is 5.75 Å². The number of hydrogen-bond acceptors (Lipinski definition) is 3. The van der Waals surface area contributed by atoms with Gasteiger partial charge in [0.2, 0.25) is 0 Å². The Bertz CT molecular complexity index is 825. The minimum Gasteiger partial charge on any atom is -0.481 e. The predicted octanol–water partition coefficient (Wildman–Crippen LogP) is 6.63. The lowest BCUT2D eigenvalue weighted by molar-refractivity contribution is -0.162. The molecule has 0 radical (unpaired) electrons. The van der Waals surface area contributed by atoms with Gasteiger partial charge in [-0.15, -0.1) is 0 Å². The number of hydrogen-bond donors (Lipinski definition) is 0. The molecule has 1 unspecified atom stereocenters. The normalized spacial score (nSPS) is 17.5. The first-order chi connectivity index (χ1) is 13.3. The number of carbonyl (C=O) groups excluding carboxylic acids is 1. The van der Waals surface area contributed by atoms with E-state index >= 15 is 0 Å². The minimum atomic E-state index is -0.269. The van der Waals surface area contributed by atoms with Gasteiger partial charge in [0.15, 0.2) is 6.61 Å². The highest BCUT2D eigenvalue weighted by Gasteiger charge is 2.35. The third kappa shape index (κ3) is 4.34. The van der Waals surface area contributed by atoms with Crippen LogP contribution in [0.2, 0.25) is 0 Å². The van der Waals surface area contributed by atoms with Crippen LogP contribution in [0.15, 0.2) is 36.4 Å². The highest BCUT2D eigenvalue weighted by Crippen LogP contribution is 2.40. The van der Waals surface area contributed by atoms with Crippen LogP contribution < -0.4 is 4.74 Å². The van der Waals surface area contributed by atoms with Gasteiger partial charge in [-0.2, -0.15) is 0 Å². The molecule has 0 spiro atoms. The van der Waals surface area contributed by atoms with Crippen LogP contribution in [-0.4, -0.2) is 18.2 Å². The first kappa shape index (κ1) is 20.7. The molecule has 152 valence electrons. The average molecular weight is 383 g/mol. The van der Waals surface area contributed by atoms with E-state index in [1.165, 1.54) is 10.9 Å².